The molecule has 14 heavy (non-hydrogen) atoms. The largest absolute Gasteiger partial charge is 0.390 e. The molecular weight excluding hydrogens is 205 g/mol. The second-order valence-electron chi connectivity index (χ2n) is 2.96. The zero-order valence-electron chi connectivity index (χ0n) is 7.47. The van der Waals surface area contributed by atoms with Crippen LogP contribution in [0.5, 0.6) is 0 Å². The maximum Gasteiger partial charge on any atom is 0.141 e. The highest BCUT2D eigenvalue weighted by Gasteiger charge is 2.18. The first-order valence-electron chi connectivity index (χ1n) is 4.22. The molecule has 1 aromatic rings. The van der Waals surface area contributed by atoms with Crippen LogP contribution in [0.2, 0.25) is 0 Å². The Morgan fingerprint density at radius 3 is 2.71 bits per heavy atom. The van der Waals surface area contributed by atoms with E-state index in [1.54, 1.807) is 0 Å². The smallest absolute Gasteiger partial charge is 0.141 e. The molecule has 0 amide bonds. The van der Waals surface area contributed by atoms with Crippen molar-refractivity contribution in [1.82, 2.24) is 4.98 Å². The van der Waals surface area contributed by atoms with E-state index in [4.69, 9.17) is 0 Å². The van der Waals surface area contributed by atoms with Crippen molar-refractivity contribution in [2.24, 2.45) is 0 Å². The van der Waals surface area contributed by atoms with Gasteiger partial charge in [-0.1, -0.05) is 0 Å². The molecule has 0 spiro atoms. The summed E-state index contributed by atoms with van der Waals surface area (Å²) < 4.78 is 12.7. The molecule has 2 N–H and O–H groups in total. The van der Waals surface area contributed by atoms with Gasteiger partial charge >= 0.3 is 0 Å². The Bertz CT molecular complexity index is 298. The number of pyridine rings is 1. The number of hydrogen-bond acceptors (Lipinski definition) is 4. The van der Waals surface area contributed by atoms with E-state index < -0.39 is 18.0 Å². The normalized spacial score (nSPS) is 15.1. The topological polar surface area (TPSA) is 53.4 Å². The van der Waals surface area contributed by atoms with Crippen LogP contribution < -0.4 is 0 Å². The summed E-state index contributed by atoms with van der Waals surface area (Å²) >= 11 is 3.93. The Hall–Kier alpha value is -0.650. The molecule has 5 heteroatoms. The Morgan fingerprint density at radius 2 is 2.14 bits per heavy atom. The van der Waals surface area contributed by atoms with Crippen LogP contribution in [0.1, 0.15) is 18.1 Å². The fourth-order valence-electron chi connectivity index (χ4n) is 1.10. The van der Waals surface area contributed by atoms with Gasteiger partial charge in [-0.25, -0.2) is 4.39 Å². The van der Waals surface area contributed by atoms with E-state index >= 15 is 0 Å². The van der Waals surface area contributed by atoms with Crippen LogP contribution in [0.4, 0.5) is 4.39 Å². The molecule has 0 aliphatic heterocycles. The van der Waals surface area contributed by atoms with Crippen LogP contribution in [0.25, 0.3) is 0 Å². The summed E-state index contributed by atoms with van der Waals surface area (Å²) in [5, 5.41) is 19.0. The summed E-state index contributed by atoms with van der Waals surface area (Å²) in [4.78, 5) is 3.58. The molecule has 0 saturated carbocycles. The second-order valence-corrected chi connectivity index (χ2v) is 3.41. The highest BCUT2D eigenvalue weighted by molar-refractivity contribution is 7.80. The number of nitrogens with zero attached hydrogens (tertiary/aromatic N) is 1. The predicted molar refractivity (Wildman–Crippen MR) is 53.6 cm³/mol. The first-order valence-corrected chi connectivity index (χ1v) is 4.86. The average Bonchev–Trinajstić information content (AvgIpc) is 2.17. The minimum atomic E-state index is -1.11. The van der Waals surface area contributed by atoms with Gasteiger partial charge in [0, 0.05) is 11.8 Å². The van der Waals surface area contributed by atoms with Gasteiger partial charge in [-0.2, -0.15) is 12.6 Å². The quantitative estimate of drug-likeness (QED) is 0.658. The maximum absolute atomic E-state index is 12.7. The first kappa shape index (κ1) is 11.4. The molecule has 0 fully saturated rings. The summed E-state index contributed by atoms with van der Waals surface area (Å²) in [6, 6.07) is 1.15. The van der Waals surface area contributed by atoms with Crippen LogP contribution in [0.3, 0.4) is 0 Å². The molecule has 2 unspecified atom stereocenters. The van der Waals surface area contributed by atoms with Gasteiger partial charge in [-0.05, 0) is 18.2 Å². The molecule has 0 saturated heterocycles. The minimum absolute atomic E-state index is 0.277. The predicted octanol–water partition coefficient (Wildman–Crippen LogP) is 0.935. The molecule has 3 nitrogen and oxygen atoms in total. The van der Waals surface area contributed by atoms with E-state index in [0.717, 1.165) is 12.3 Å². The molecule has 0 aliphatic rings. The van der Waals surface area contributed by atoms with Crippen LogP contribution in [0, 0.1) is 5.82 Å². The van der Waals surface area contributed by atoms with Gasteiger partial charge in [0.05, 0.1) is 12.3 Å². The standard InChI is InChI=1S/C9H12FNO2S/c10-7-3-6(4-11-5-7)9(13)8(12)1-2-14/h3-5,8-9,12-14H,1-2H2. The third kappa shape index (κ3) is 2.94. The lowest BCUT2D eigenvalue weighted by atomic mass is 10.0. The summed E-state index contributed by atoms with van der Waals surface area (Å²) in [7, 11) is 0. The maximum atomic E-state index is 12.7. The number of halogens is 1. The zero-order valence-corrected chi connectivity index (χ0v) is 8.36. The number of aliphatic hydroxyl groups excluding tert-OH is 2. The molecule has 2 atom stereocenters. The molecule has 0 bridgehead atoms. The minimum Gasteiger partial charge on any atom is -0.390 e. The fourth-order valence-corrected chi connectivity index (χ4v) is 1.37. The lowest BCUT2D eigenvalue weighted by Gasteiger charge is -2.16. The SMILES string of the molecule is OC(CCS)C(O)c1cncc(F)c1. The lowest BCUT2D eigenvalue weighted by molar-refractivity contribution is 0.0169. The summed E-state index contributed by atoms with van der Waals surface area (Å²) in [5.41, 5.74) is 0.277. The van der Waals surface area contributed by atoms with E-state index in [0.29, 0.717) is 12.2 Å². The van der Waals surface area contributed by atoms with Crippen molar-refractivity contribution >= 4 is 12.6 Å². The average molecular weight is 217 g/mol. The van der Waals surface area contributed by atoms with Gasteiger partial charge in [0.25, 0.3) is 0 Å². The van der Waals surface area contributed by atoms with Crippen molar-refractivity contribution in [3.8, 4) is 0 Å². The summed E-state index contributed by atoms with van der Waals surface area (Å²) in [6.07, 6.45) is 0.679. The van der Waals surface area contributed by atoms with Gasteiger partial charge in [0.1, 0.15) is 11.9 Å². The Balaban J connectivity index is 2.73. The third-order valence-corrected chi connectivity index (χ3v) is 2.12. The van der Waals surface area contributed by atoms with E-state index in [2.05, 4.69) is 17.6 Å². The van der Waals surface area contributed by atoms with Crippen molar-refractivity contribution in [3.63, 3.8) is 0 Å². The molecule has 1 rings (SSSR count). The van der Waals surface area contributed by atoms with Crippen molar-refractivity contribution in [1.29, 1.82) is 0 Å². The monoisotopic (exact) mass is 217 g/mol. The van der Waals surface area contributed by atoms with Gasteiger partial charge in [-0.15, -0.1) is 0 Å². The molecule has 78 valence electrons. The zero-order chi connectivity index (χ0) is 10.6. The first-order chi connectivity index (χ1) is 6.65. The molecule has 1 heterocycles. The van der Waals surface area contributed by atoms with Crippen LogP contribution >= 0.6 is 12.6 Å². The Kier molecular flexibility index (Phi) is 4.31. The summed E-state index contributed by atoms with van der Waals surface area (Å²) in [5.74, 6) is -0.0688. The van der Waals surface area contributed by atoms with Gasteiger partial charge in [0.2, 0.25) is 0 Å². The van der Waals surface area contributed by atoms with E-state index in [9.17, 15) is 14.6 Å². The van der Waals surface area contributed by atoms with Gasteiger partial charge in [0.15, 0.2) is 0 Å². The van der Waals surface area contributed by atoms with Crippen molar-refractivity contribution in [2.45, 2.75) is 18.6 Å². The highest BCUT2D eigenvalue weighted by atomic mass is 32.1. The molecule has 0 radical (unpaired) electrons. The number of thiol groups is 1. The number of aromatic nitrogens is 1. The number of hydrogen-bond donors (Lipinski definition) is 3. The molecule has 1 aromatic heterocycles. The van der Waals surface area contributed by atoms with Crippen molar-refractivity contribution in [3.05, 3.63) is 29.8 Å². The Labute approximate surface area is 87.0 Å². The fraction of sp³-hybridized carbons (Fsp3) is 0.444. The van der Waals surface area contributed by atoms with Crippen LogP contribution in [0.15, 0.2) is 18.5 Å². The van der Waals surface area contributed by atoms with Gasteiger partial charge in [-0.3, -0.25) is 4.98 Å². The second kappa shape index (κ2) is 5.29. The van der Waals surface area contributed by atoms with E-state index in [1.165, 1.54) is 6.20 Å². The molecule has 0 aromatic carbocycles. The molecular formula is C9H12FNO2S. The van der Waals surface area contributed by atoms with E-state index in [-0.39, 0.29) is 5.56 Å². The highest BCUT2D eigenvalue weighted by Crippen LogP contribution is 2.18. The molecule has 0 aliphatic carbocycles. The van der Waals surface area contributed by atoms with Gasteiger partial charge < -0.3 is 10.2 Å². The number of aliphatic hydroxyl groups is 2. The van der Waals surface area contributed by atoms with Crippen molar-refractivity contribution < 1.29 is 14.6 Å². The van der Waals surface area contributed by atoms with E-state index in [1.807, 2.05) is 0 Å². The van der Waals surface area contributed by atoms with Crippen LogP contribution in [-0.4, -0.2) is 27.1 Å². The lowest BCUT2D eigenvalue weighted by Crippen LogP contribution is -2.18. The Morgan fingerprint density at radius 1 is 1.43 bits per heavy atom. The third-order valence-electron chi connectivity index (χ3n) is 1.86. The van der Waals surface area contributed by atoms with Crippen LogP contribution in [-0.2, 0) is 0 Å². The summed E-state index contributed by atoms with van der Waals surface area (Å²) in [6.45, 7) is 0. The number of rotatable bonds is 4. The van der Waals surface area contributed by atoms with Crippen molar-refractivity contribution in [2.75, 3.05) is 5.75 Å².